The number of halogens is 1. The Bertz CT molecular complexity index is 1570. The van der Waals surface area contributed by atoms with E-state index < -0.39 is 58.0 Å². The molecule has 0 saturated carbocycles. The van der Waals surface area contributed by atoms with Gasteiger partial charge in [0.2, 0.25) is 5.91 Å². The first-order chi connectivity index (χ1) is 19.8. The van der Waals surface area contributed by atoms with Gasteiger partial charge in [-0.05, 0) is 89.9 Å². The van der Waals surface area contributed by atoms with Crippen molar-refractivity contribution < 1.29 is 37.4 Å². The molecule has 2 heterocycles. The van der Waals surface area contributed by atoms with Crippen LogP contribution in [0.1, 0.15) is 60.1 Å². The predicted molar refractivity (Wildman–Crippen MR) is 162 cm³/mol. The van der Waals surface area contributed by atoms with Crippen LogP contribution in [-0.2, 0) is 14.3 Å². The van der Waals surface area contributed by atoms with Crippen LogP contribution in [0, 0.1) is 5.82 Å². The number of ether oxygens (including phenoxy) is 2. The zero-order valence-corrected chi connectivity index (χ0v) is 26.3. The Labute approximate surface area is 251 Å². The summed E-state index contributed by atoms with van der Waals surface area (Å²) in [6.07, 6.45) is 0.0887. The number of fused-ring (bicyclic) bond motifs is 2. The molecule has 0 aliphatic carbocycles. The second-order valence-electron chi connectivity index (χ2n) is 12.4. The van der Waals surface area contributed by atoms with E-state index >= 15 is 0 Å². The number of carbonyl (C=O) groups excluding carboxylic acids is 3. The van der Waals surface area contributed by atoms with Crippen LogP contribution in [-0.4, -0.2) is 66.9 Å². The zero-order valence-electron chi connectivity index (χ0n) is 25.5. The molecule has 0 bridgehead atoms. The molecule has 4 N–H and O–H groups in total. The van der Waals surface area contributed by atoms with Crippen LogP contribution in [0.2, 0.25) is 0 Å². The molecule has 2 atom stereocenters. The van der Waals surface area contributed by atoms with Gasteiger partial charge in [0.15, 0.2) is 0 Å². The van der Waals surface area contributed by atoms with E-state index in [0.29, 0.717) is 27.6 Å². The fraction of sp³-hybridized carbons (Fsp3) is 0.433. The van der Waals surface area contributed by atoms with E-state index in [1.165, 1.54) is 28.1 Å². The van der Waals surface area contributed by atoms with Crippen molar-refractivity contribution in [2.24, 2.45) is 0 Å². The van der Waals surface area contributed by atoms with Gasteiger partial charge in [0.05, 0.1) is 16.5 Å². The first-order valence-corrected chi connectivity index (χ1v) is 15.3. The third-order valence-electron chi connectivity index (χ3n) is 6.80. The summed E-state index contributed by atoms with van der Waals surface area (Å²) in [4.78, 5) is 38.5. The van der Waals surface area contributed by atoms with Crippen LogP contribution in [0.15, 0.2) is 47.5 Å². The van der Waals surface area contributed by atoms with E-state index in [4.69, 9.17) is 9.47 Å². The van der Waals surface area contributed by atoms with Crippen molar-refractivity contribution in [3.05, 3.63) is 54.0 Å². The van der Waals surface area contributed by atoms with Gasteiger partial charge in [0, 0.05) is 30.7 Å². The van der Waals surface area contributed by atoms with Crippen LogP contribution in [0.4, 0.5) is 14.0 Å². The van der Waals surface area contributed by atoms with Crippen molar-refractivity contribution in [1.82, 2.24) is 19.5 Å². The largest absolute Gasteiger partial charge is 0.444 e. The summed E-state index contributed by atoms with van der Waals surface area (Å²) in [5, 5.41) is 5.62. The highest BCUT2D eigenvalue weighted by atomic mass is 32.3. The number of alkyl carbamates (subject to hydrolysis) is 1. The lowest BCUT2D eigenvalue weighted by Crippen LogP contribution is -2.52. The molecule has 0 fully saturated rings. The van der Waals surface area contributed by atoms with E-state index in [2.05, 4.69) is 10.6 Å². The molecule has 43 heavy (non-hydrogen) atoms. The topological polar surface area (TPSA) is 142 Å². The molecule has 13 heteroatoms. The molecule has 0 saturated heterocycles. The van der Waals surface area contributed by atoms with Gasteiger partial charge in [0.25, 0.3) is 0 Å². The number of benzene rings is 2. The number of hydrogen-bond acceptors (Lipinski definition) is 8. The number of nitrogens with one attached hydrogen (secondary N) is 2. The molecule has 0 spiro atoms. The maximum absolute atomic E-state index is 14.2. The summed E-state index contributed by atoms with van der Waals surface area (Å²) in [6, 6.07) is 7.47. The Balaban J connectivity index is 1.71. The second kappa shape index (κ2) is 11.5. The Morgan fingerprint density at radius 3 is 2.28 bits per heavy atom. The van der Waals surface area contributed by atoms with Crippen molar-refractivity contribution in [2.45, 2.75) is 76.6 Å². The highest BCUT2D eigenvalue weighted by Gasteiger charge is 2.43. The molecule has 2 aromatic carbocycles. The number of carbonyl (C=O) groups is 3. The Kier molecular flexibility index (Phi) is 8.59. The summed E-state index contributed by atoms with van der Waals surface area (Å²) in [5.41, 5.74) is 0.604. The van der Waals surface area contributed by atoms with Crippen LogP contribution in [0.3, 0.4) is 0 Å². The number of aromatic nitrogens is 1. The number of likely N-dealkylation sites (N-methyl/N-ethyl adjacent to an activating group) is 1. The van der Waals surface area contributed by atoms with E-state index in [9.17, 15) is 27.9 Å². The fourth-order valence-corrected chi connectivity index (χ4v) is 6.91. The number of nitrogens with zero attached hydrogens (tertiary/aromatic N) is 2. The first kappa shape index (κ1) is 32.3. The summed E-state index contributed by atoms with van der Waals surface area (Å²) < 4.78 is 50.4. The Morgan fingerprint density at radius 2 is 1.67 bits per heavy atom. The first-order valence-electron chi connectivity index (χ1n) is 13.8. The van der Waals surface area contributed by atoms with Gasteiger partial charge in [-0.3, -0.25) is 18.5 Å². The van der Waals surface area contributed by atoms with Crippen LogP contribution in [0.5, 0.6) is 0 Å². The minimum atomic E-state index is -3.55. The Morgan fingerprint density at radius 1 is 1.02 bits per heavy atom. The molecule has 2 amide bonds. The van der Waals surface area contributed by atoms with Crippen molar-refractivity contribution in [3.8, 4) is 11.1 Å². The minimum absolute atomic E-state index is 0.219. The average Bonchev–Trinajstić information content (AvgIpc) is 3.34. The molecule has 1 aliphatic heterocycles. The van der Waals surface area contributed by atoms with Crippen molar-refractivity contribution in [2.75, 3.05) is 13.6 Å². The van der Waals surface area contributed by atoms with E-state index in [0.717, 1.165) is 0 Å². The normalized spacial score (nSPS) is 18.1. The van der Waals surface area contributed by atoms with Crippen molar-refractivity contribution in [1.29, 1.82) is 0 Å². The van der Waals surface area contributed by atoms with Gasteiger partial charge in [-0.15, -0.1) is 10.8 Å². The van der Waals surface area contributed by atoms with Gasteiger partial charge >= 0.3 is 12.2 Å². The molecular formula is C30H39FN4O7S. The predicted octanol–water partition coefficient (Wildman–Crippen LogP) is 6.27. The van der Waals surface area contributed by atoms with Gasteiger partial charge in [-0.2, -0.15) is 4.31 Å². The molecule has 11 nitrogen and oxygen atoms in total. The number of hydrogen-bond donors (Lipinski definition) is 4. The lowest BCUT2D eigenvalue weighted by atomic mass is 9.99. The summed E-state index contributed by atoms with van der Waals surface area (Å²) in [5.74, 6) is -1.05. The summed E-state index contributed by atoms with van der Waals surface area (Å²) in [6.45, 7) is 11.8. The van der Waals surface area contributed by atoms with Gasteiger partial charge in [-0.25, -0.2) is 14.0 Å². The third-order valence-corrected chi connectivity index (χ3v) is 8.88. The molecule has 1 aliphatic rings. The van der Waals surface area contributed by atoms with E-state index in [1.54, 1.807) is 78.9 Å². The Hall–Kier alpha value is -3.65. The van der Waals surface area contributed by atoms with Gasteiger partial charge in [-0.1, -0.05) is 6.07 Å². The lowest BCUT2D eigenvalue weighted by Gasteiger charge is -2.40. The quantitative estimate of drug-likeness (QED) is 0.262. The SMILES string of the molecule is CNC(=O)C(CN1C(C)c2cc(-c3cn(C(=O)OC(C)(C)C)c4cc(F)ccc34)ccc2S1(O)O)NC(=O)OC(C)(C)C. The third kappa shape index (κ3) is 6.80. The molecule has 1 aromatic heterocycles. The number of amides is 2. The fourth-order valence-electron chi connectivity index (χ4n) is 4.95. The summed E-state index contributed by atoms with van der Waals surface area (Å²) >= 11 is 0. The molecular weight excluding hydrogens is 579 g/mol. The standard InChI is InChI=1S/C30H39FN4O7S/c1-17-21-13-18(22-15-34(28(38)42-30(5,6)7)24-14-19(31)10-11-20(22)24)9-12-25(21)43(39,40)35(17)16-23(26(36)32-8)33-27(37)41-29(2,3)4/h9-15,17,23,39-40H,16H2,1-8H3,(H,32,36)(H,33,37). The van der Waals surface area contributed by atoms with Crippen LogP contribution in [0.25, 0.3) is 22.0 Å². The summed E-state index contributed by atoms with van der Waals surface area (Å²) in [7, 11) is -2.13. The highest BCUT2D eigenvalue weighted by Crippen LogP contribution is 2.63. The average molecular weight is 619 g/mol. The molecule has 234 valence electrons. The molecule has 3 aromatic rings. The van der Waals surface area contributed by atoms with Crippen molar-refractivity contribution in [3.63, 3.8) is 0 Å². The molecule has 2 unspecified atom stereocenters. The van der Waals surface area contributed by atoms with Gasteiger partial charge in [0.1, 0.15) is 23.1 Å². The minimum Gasteiger partial charge on any atom is -0.444 e. The lowest BCUT2D eigenvalue weighted by molar-refractivity contribution is -0.123. The maximum atomic E-state index is 14.2. The zero-order chi connectivity index (χ0) is 32.1. The van der Waals surface area contributed by atoms with Crippen LogP contribution < -0.4 is 10.6 Å². The highest BCUT2D eigenvalue weighted by molar-refractivity contribution is 8.22. The van der Waals surface area contributed by atoms with Gasteiger partial charge < -0.3 is 20.1 Å². The van der Waals surface area contributed by atoms with Crippen LogP contribution >= 0.6 is 10.8 Å². The monoisotopic (exact) mass is 618 g/mol. The van der Waals surface area contributed by atoms with E-state index in [1.807, 2.05) is 0 Å². The number of rotatable bonds is 5. The molecule has 4 rings (SSSR count). The molecule has 0 radical (unpaired) electrons. The van der Waals surface area contributed by atoms with Crippen molar-refractivity contribution >= 4 is 39.8 Å². The maximum Gasteiger partial charge on any atom is 0.419 e. The smallest absolute Gasteiger partial charge is 0.419 e. The second-order valence-corrected chi connectivity index (χ2v) is 14.4. The van der Waals surface area contributed by atoms with E-state index in [-0.39, 0.29) is 11.4 Å².